The van der Waals surface area contributed by atoms with Gasteiger partial charge in [0.2, 0.25) is 0 Å². The van der Waals surface area contributed by atoms with Crippen LogP contribution in [0.25, 0.3) is 22.3 Å². The molecule has 8 aromatic rings. The molecule has 1 atom stereocenters. The van der Waals surface area contributed by atoms with Crippen molar-refractivity contribution in [3.63, 3.8) is 0 Å². The summed E-state index contributed by atoms with van der Waals surface area (Å²) >= 11 is 0. The van der Waals surface area contributed by atoms with Gasteiger partial charge < -0.3 is 9.80 Å². The summed E-state index contributed by atoms with van der Waals surface area (Å²) in [5.74, 6) is 0. The second-order valence-corrected chi connectivity index (χ2v) is 17.3. The Morgan fingerprint density at radius 1 is 0.407 bits per heavy atom. The van der Waals surface area contributed by atoms with E-state index in [0.29, 0.717) is 0 Å². The van der Waals surface area contributed by atoms with Crippen LogP contribution in [0.15, 0.2) is 188 Å². The predicted molar refractivity (Wildman–Crippen MR) is 247 cm³/mol. The third-order valence-corrected chi connectivity index (χ3v) is 13.7. The highest BCUT2D eigenvalue weighted by Crippen LogP contribution is 2.59. The summed E-state index contributed by atoms with van der Waals surface area (Å²) in [7, 11) is 0. The highest BCUT2D eigenvalue weighted by molar-refractivity contribution is 5.88. The molecule has 0 amide bonds. The van der Waals surface area contributed by atoms with Crippen LogP contribution in [0.1, 0.15) is 65.6 Å². The van der Waals surface area contributed by atoms with Gasteiger partial charge in [-0.15, -0.1) is 0 Å². The number of para-hydroxylation sites is 3. The van der Waals surface area contributed by atoms with Gasteiger partial charge in [0, 0.05) is 39.3 Å². The van der Waals surface area contributed by atoms with Crippen molar-refractivity contribution in [3.05, 3.63) is 227 Å². The molecule has 0 aromatic heterocycles. The highest BCUT2D eigenvalue weighted by Gasteiger charge is 2.48. The second-order valence-electron chi connectivity index (χ2n) is 17.3. The zero-order valence-corrected chi connectivity index (χ0v) is 34.1. The Morgan fingerprint density at radius 2 is 0.915 bits per heavy atom. The average Bonchev–Trinajstić information content (AvgIpc) is 3.93. The summed E-state index contributed by atoms with van der Waals surface area (Å²) in [6.45, 7) is 7.01. The molecule has 0 fully saturated rings. The molecule has 2 nitrogen and oxygen atoms in total. The Kier molecular flexibility index (Phi) is 8.27. The third kappa shape index (κ3) is 5.53. The van der Waals surface area contributed by atoms with Gasteiger partial charge in [0.1, 0.15) is 0 Å². The Hall–Kier alpha value is -6.64. The number of anilines is 6. The van der Waals surface area contributed by atoms with Crippen molar-refractivity contribution in [1.82, 2.24) is 0 Å². The molecule has 286 valence electrons. The van der Waals surface area contributed by atoms with Gasteiger partial charge >= 0.3 is 0 Å². The minimum Gasteiger partial charge on any atom is -0.310 e. The van der Waals surface area contributed by atoms with E-state index in [9.17, 15) is 0 Å². The van der Waals surface area contributed by atoms with Crippen LogP contribution in [0.4, 0.5) is 34.1 Å². The minimum atomic E-state index is -0.0812. The first-order valence-corrected chi connectivity index (χ1v) is 21.3. The Labute approximate surface area is 349 Å². The van der Waals surface area contributed by atoms with E-state index in [2.05, 4.69) is 219 Å². The number of rotatable bonds is 7. The third-order valence-electron chi connectivity index (χ3n) is 13.7. The molecule has 0 heterocycles. The highest BCUT2D eigenvalue weighted by atomic mass is 15.2. The van der Waals surface area contributed by atoms with Crippen molar-refractivity contribution in [1.29, 1.82) is 0 Å². The maximum Gasteiger partial charge on any atom is 0.0505 e. The van der Waals surface area contributed by atoms with E-state index in [4.69, 9.17) is 0 Å². The lowest BCUT2D eigenvalue weighted by Gasteiger charge is -2.35. The van der Waals surface area contributed by atoms with Gasteiger partial charge in [-0.25, -0.2) is 0 Å². The molecule has 3 aliphatic carbocycles. The van der Waals surface area contributed by atoms with Gasteiger partial charge in [-0.1, -0.05) is 135 Å². The molecule has 59 heavy (non-hydrogen) atoms. The minimum absolute atomic E-state index is 0.0691. The van der Waals surface area contributed by atoms with E-state index in [-0.39, 0.29) is 10.8 Å². The van der Waals surface area contributed by atoms with E-state index in [0.717, 1.165) is 37.1 Å². The lowest BCUT2D eigenvalue weighted by Crippen LogP contribution is -2.25. The van der Waals surface area contributed by atoms with Crippen molar-refractivity contribution in [2.24, 2.45) is 0 Å². The number of nitrogens with zero attached hydrogens (tertiary/aromatic N) is 2. The fourth-order valence-electron chi connectivity index (χ4n) is 11.1. The van der Waals surface area contributed by atoms with E-state index in [1.807, 2.05) is 0 Å². The largest absolute Gasteiger partial charge is 0.310 e. The fourth-order valence-corrected chi connectivity index (χ4v) is 11.1. The molecule has 11 rings (SSSR count). The SMILES string of the molecule is Cc1cc2c(cc1N(c1ccccc1)c1ccc(-c3cccc4c3[C@@]3(CC4)CCc4cccc(N(c5ccccc5)c5ccccc5)c43)cc1)C(C)(C)c1ccccc1-2. The number of hydrogen-bond donors (Lipinski definition) is 0. The number of aryl methyl sites for hydroxylation is 3. The number of hydrogen-bond acceptors (Lipinski definition) is 2. The van der Waals surface area contributed by atoms with Gasteiger partial charge in [-0.2, -0.15) is 0 Å². The van der Waals surface area contributed by atoms with Crippen LogP contribution >= 0.6 is 0 Å². The van der Waals surface area contributed by atoms with Crippen LogP contribution in [0.3, 0.4) is 0 Å². The van der Waals surface area contributed by atoms with E-state index in [1.165, 1.54) is 83.9 Å². The average molecular weight is 761 g/mol. The van der Waals surface area contributed by atoms with Crippen LogP contribution < -0.4 is 9.80 Å². The van der Waals surface area contributed by atoms with Gasteiger partial charge in [-0.3, -0.25) is 0 Å². The fraction of sp³-hybridized carbons (Fsp3) is 0.158. The maximum atomic E-state index is 2.49. The van der Waals surface area contributed by atoms with Crippen LogP contribution in [0.2, 0.25) is 0 Å². The van der Waals surface area contributed by atoms with Gasteiger partial charge in [0.15, 0.2) is 0 Å². The lowest BCUT2D eigenvalue weighted by atomic mass is 9.73. The quantitative estimate of drug-likeness (QED) is 0.160. The molecule has 0 bridgehead atoms. The van der Waals surface area contributed by atoms with E-state index in [1.54, 1.807) is 0 Å². The molecule has 3 aliphatic rings. The van der Waals surface area contributed by atoms with E-state index < -0.39 is 0 Å². The predicted octanol–water partition coefficient (Wildman–Crippen LogP) is 15.1. The molecule has 0 saturated heterocycles. The van der Waals surface area contributed by atoms with E-state index >= 15 is 0 Å². The van der Waals surface area contributed by atoms with Crippen molar-refractivity contribution in [2.75, 3.05) is 9.80 Å². The molecule has 2 heteroatoms. The molecular weight excluding hydrogens is 713 g/mol. The molecule has 0 radical (unpaired) electrons. The normalized spacial score (nSPS) is 16.7. The van der Waals surface area contributed by atoms with Gasteiger partial charge in [0.25, 0.3) is 0 Å². The molecule has 0 N–H and O–H groups in total. The molecule has 0 saturated carbocycles. The van der Waals surface area contributed by atoms with Gasteiger partial charge in [-0.05, 0) is 161 Å². The Balaban J connectivity index is 1.03. The van der Waals surface area contributed by atoms with Crippen molar-refractivity contribution < 1.29 is 0 Å². The molecule has 0 aliphatic heterocycles. The summed E-state index contributed by atoms with van der Waals surface area (Å²) in [5, 5.41) is 0. The Morgan fingerprint density at radius 3 is 1.54 bits per heavy atom. The van der Waals surface area contributed by atoms with Crippen LogP contribution in [-0.2, 0) is 23.7 Å². The van der Waals surface area contributed by atoms with Crippen LogP contribution in [0, 0.1) is 6.92 Å². The van der Waals surface area contributed by atoms with Crippen molar-refractivity contribution >= 4 is 34.1 Å². The monoisotopic (exact) mass is 760 g/mol. The lowest BCUT2D eigenvalue weighted by molar-refractivity contribution is 0.509. The van der Waals surface area contributed by atoms with Crippen LogP contribution in [-0.4, -0.2) is 0 Å². The van der Waals surface area contributed by atoms with Crippen LogP contribution in [0.5, 0.6) is 0 Å². The first-order chi connectivity index (χ1) is 28.9. The number of benzene rings is 8. The number of fused-ring (bicyclic) bond motifs is 7. The molecule has 8 aromatic carbocycles. The topological polar surface area (TPSA) is 6.48 Å². The molecule has 0 unspecified atom stereocenters. The summed E-state index contributed by atoms with van der Waals surface area (Å²) in [4.78, 5) is 4.94. The summed E-state index contributed by atoms with van der Waals surface area (Å²) < 4.78 is 0. The zero-order chi connectivity index (χ0) is 39.7. The van der Waals surface area contributed by atoms with Crippen molar-refractivity contribution in [3.8, 4) is 22.3 Å². The first kappa shape index (κ1) is 35.5. The maximum absolute atomic E-state index is 2.49. The summed E-state index contributed by atoms with van der Waals surface area (Å²) in [6, 6.07) is 70.0. The Bertz CT molecular complexity index is 2810. The van der Waals surface area contributed by atoms with Crippen molar-refractivity contribution in [2.45, 2.75) is 57.3 Å². The van der Waals surface area contributed by atoms with Gasteiger partial charge in [0.05, 0.1) is 5.69 Å². The standard InChI is InChI=1S/C57H48N2/c1-39-37-49-48-25-13-14-27-50(48)56(2,3)51(49)38-53(39)59(45-23-11-6-12-24-45)46-31-29-40(30-32-46)47-26-15-17-41-33-35-57(54(41)47)36-34-42-18-16-28-52(55(42)57)58(43-19-7-4-8-20-43)44-21-9-5-10-22-44/h4-32,37-38H,33-36H2,1-3H3/t57-/m1/s1. The smallest absolute Gasteiger partial charge is 0.0505 e. The molecule has 1 spiro atoms. The zero-order valence-electron chi connectivity index (χ0n) is 34.1. The summed E-state index contributed by atoms with van der Waals surface area (Å²) in [5.41, 5.74) is 22.5. The first-order valence-electron chi connectivity index (χ1n) is 21.3. The second kappa shape index (κ2) is 13.7. The molecular formula is C57H48N2. The summed E-state index contributed by atoms with van der Waals surface area (Å²) in [6.07, 6.45) is 4.42.